The Morgan fingerprint density at radius 1 is 1.26 bits per heavy atom. The van der Waals surface area contributed by atoms with Crippen LogP contribution < -0.4 is 5.32 Å². The molecule has 0 bridgehead atoms. The molecular formula is C18H29N. The van der Waals surface area contributed by atoms with E-state index in [2.05, 4.69) is 50.4 Å². The second-order valence-electron chi connectivity index (χ2n) is 6.21. The maximum Gasteiger partial charge on any atom is 0.0348 e. The van der Waals surface area contributed by atoms with E-state index in [1.165, 1.54) is 43.2 Å². The van der Waals surface area contributed by atoms with Crippen molar-refractivity contribution in [2.45, 2.75) is 58.9 Å². The fourth-order valence-corrected chi connectivity index (χ4v) is 3.56. The number of aryl methyl sites for hydroxylation is 1. The Hall–Kier alpha value is -0.820. The summed E-state index contributed by atoms with van der Waals surface area (Å²) >= 11 is 0. The van der Waals surface area contributed by atoms with Crippen molar-refractivity contribution in [1.29, 1.82) is 0 Å². The molecule has 0 aromatic heterocycles. The predicted molar refractivity (Wildman–Crippen MR) is 83.4 cm³/mol. The maximum atomic E-state index is 3.73. The van der Waals surface area contributed by atoms with Gasteiger partial charge in [-0.05, 0) is 48.8 Å². The van der Waals surface area contributed by atoms with E-state index in [4.69, 9.17) is 0 Å². The van der Waals surface area contributed by atoms with Gasteiger partial charge in [-0.1, -0.05) is 57.9 Å². The molecule has 1 aliphatic carbocycles. The van der Waals surface area contributed by atoms with Gasteiger partial charge in [0.1, 0.15) is 0 Å². The molecule has 0 spiro atoms. The van der Waals surface area contributed by atoms with Gasteiger partial charge in [-0.25, -0.2) is 0 Å². The van der Waals surface area contributed by atoms with Crippen LogP contribution in [0.3, 0.4) is 0 Å². The molecule has 2 rings (SSSR count). The van der Waals surface area contributed by atoms with Crippen LogP contribution in [0.4, 0.5) is 0 Å². The predicted octanol–water partition coefficient (Wildman–Crippen LogP) is 4.73. The zero-order valence-corrected chi connectivity index (χ0v) is 12.8. The zero-order chi connectivity index (χ0) is 13.7. The van der Waals surface area contributed by atoms with E-state index in [0.717, 1.165) is 18.4 Å². The first-order chi connectivity index (χ1) is 9.24. The highest BCUT2D eigenvalue weighted by atomic mass is 14.9. The summed E-state index contributed by atoms with van der Waals surface area (Å²) in [6.07, 6.45) is 6.61. The highest BCUT2D eigenvalue weighted by Crippen LogP contribution is 2.39. The summed E-state index contributed by atoms with van der Waals surface area (Å²) in [6.45, 7) is 7.94. The largest absolute Gasteiger partial charge is 0.310 e. The number of hydrogen-bond acceptors (Lipinski definition) is 1. The highest BCUT2D eigenvalue weighted by Gasteiger charge is 2.29. The van der Waals surface area contributed by atoms with Crippen molar-refractivity contribution in [2.75, 3.05) is 6.54 Å². The third-order valence-electron chi connectivity index (χ3n) is 4.48. The zero-order valence-electron chi connectivity index (χ0n) is 12.8. The Kier molecular flexibility index (Phi) is 5.45. The Morgan fingerprint density at radius 3 is 2.74 bits per heavy atom. The Bertz CT molecular complexity index is 385. The lowest BCUT2D eigenvalue weighted by Gasteiger charge is -2.25. The van der Waals surface area contributed by atoms with Crippen LogP contribution in [-0.2, 0) is 6.42 Å². The number of benzene rings is 1. The lowest BCUT2D eigenvalue weighted by atomic mass is 9.89. The van der Waals surface area contributed by atoms with Crippen molar-refractivity contribution in [3.63, 3.8) is 0 Å². The van der Waals surface area contributed by atoms with E-state index >= 15 is 0 Å². The smallest absolute Gasteiger partial charge is 0.0348 e. The van der Waals surface area contributed by atoms with Crippen LogP contribution in [0.15, 0.2) is 24.3 Å². The lowest BCUT2D eigenvalue weighted by molar-refractivity contribution is 0.365. The van der Waals surface area contributed by atoms with Crippen molar-refractivity contribution >= 4 is 0 Å². The van der Waals surface area contributed by atoms with Crippen LogP contribution in [0.25, 0.3) is 0 Å². The molecule has 1 saturated carbocycles. The SMILES string of the molecule is CCCc1cccc(C(NCC)C2CCC(C)C2)c1. The maximum absolute atomic E-state index is 3.73. The molecule has 0 radical (unpaired) electrons. The number of nitrogens with one attached hydrogen (secondary N) is 1. The summed E-state index contributed by atoms with van der Waals surface area (Å²) < 4.78 is 0. The normalized spacial score (nSPS) is 24.6. The van der Waals surface area contributed by atoms with Crippen LogP contribution in [-0.4, -0.2) is 6.54 Å². The number of rotatable bonds is 6. The van der Waals surface area contributed by atoms with Crippen molar-refractivity contribution in [2.24, 2.45) is 11.8 Å². The first-order valence-corrected chi connectivity index (χ1v) is 8.06. The molecule has 106 valence electrons. The van der Waals surface area contributed by atoms with Gasteiger partial charge in [-0.2, -0.15) is 0 Å². The molecule has 0 heterocycles. The Labute approximate surface area is 118 Å². The summed E-state index contributed by atoms with van der Waals surface area (Å²) in [5.74, 6) is 1.73. The number of hydrogen-bond donors (Lipinski definition) is 1. The van der Waals surface area contributed by atoms with Crippen LogP contribution >= 0.6 is 0 Å². The molecule has 1 nitrogen and oxygen atoms in total. The van der Waals surface area contributed by atoms with Crippen LogP contribution in [0.2, 0.25) is 0 Å². The molecule has 1 N–H and O–H groups in total. The van der Waals surface area contributed by atoms with Gasteiger partial charge in [-0.15, -0.1) is 0 Å². The Morgan fingerprint density at radius 2 is 2.11 bits per heavy atom. The molecule has 1 heteroatoms. The van der Waals surface area contributed by atoms with Crippen molar-refractivity contribution in [1.82, 2.24) is 5.32 Å². The van der Waals surface area contributed by atoms with Gasteiger partial charge in [0.05, 0.1) is 0 Å². The van der Waals surface area contributed by atoms with E-state index in [9.17, 15) is 0 Å². The first-order valence-electron chi connectivity index (χ1n) is 8.06. The van der Waals surface area contributed by atoms with Gasteiger partial charge >= 0.3 is 0 Å². The fourth-order valence-electron chi connectivity index (χ4n) is 3.56. The second-order valence-corrected chi connectivity index (χ2v) is 6.21. The minimum atomic E-state index is 0.562. The first kappa shape index (κ1) is 14.6. The molecule has 19 heavy (non-hydrogen) atoms. The molecule has 3 unspecified atom stereocenters. The van der Waals surface area contributed by atoms with Crippen LogP contribution in [0.5, 0.6) is 0 Å². The van der Waals surface area contributed by atoms with E-state index in [0.29, 0.717) is 6.04 Å². The molecule has 1 aromatic carbocycles. The summed E-state index contributed by atoms with van der Waals surface area (Å²) in [7, 11) is 0. The molecule has 0 saturated heterocycles. The molecule has 1 fully saturated rings. The third-order valence-corrected chi connectivity index (χ3v) is 4.48. The standard InChI is InChI=1S/C18H29N/c1-4-7-15-8-6-9-16(13-15)18(19-5-2)17-11-10-14(3)12-17/h6,8-9,13-14,17-19H,4-5,7,10-12H2,1-3H3. The fraction of sp³-hybridized carbons (Fsp3) is 0.667. The van der Waals surface area contributed by atoms with E-state index < -0.39 is 0 Å². The van der Waals surface area contributed by atoms with E-state index in [1.807, 2.05) is 0 Å². The van der Waals surface area contributed by atoms with E-state index in [-0.39, 0.29) is 0 Å². The lowest BCUT2D eigenvalue weighted by Crippen LogP contribution is -2.27. The summed E-state index contributed by atoms with van der Waals surface area (Å²) in [5.41, 5.74) is 3.00. The third kappa shape index (κ3) is 3.82. The van der Waals surface area contributed by atoms with Gasteiger partial charge in [0.15, 0.2) is 0 Å². The summed E-state index contributed by atoms with van der Waals surface area (Å²) in [6, 6.07) is 9.82. The van der Waals surface area contributed by atoms with Crippen LogP contribution in [0.1, 0.15) is 63.6 Å². The van der Waals surface area contributed by atoms with Gasteiger partial charge in [0.2, 0.25) is 0 Å². The van der Waals surface area contributed by atoms with Gasteiger partial charge in [0, 0.05) is 6.04 Å². The molecule has 0 amide bonds. The van der Waals surface area contributed by atoms with Gasteiger partial charge in [-0.3, -0.25) is 0 Å². The topological polar surface area (TPSA) is 12.0 Å². The summed E-state index contributed by atoms with van der Waals surface area (Å²) in [5, 5.41) is 3.73. The molecule has 1 aliphatic rings. The Balaban J connectivity index is 2.15. The molecular weight excluding hydrogens is 230 g/mol. The van der Waals surface area contributed by atoms with Gasteiger partial charge in [0.25, 0.3) is 0 Å². The van der Waals surface area contributed by atoms with E-state index in [1.54, 1.807) is 0 Å². The average molecular weight is 259 g/mol. The summed E-state index contributed by atoms with van der Waals surface area (Å²) in [4.78, 5) is 0. The van der Waals surface area contributed by atoms with Crippen molar-refractivity contribution in [3.05, 3.63) is 35.4 Å². The second kappa shape index (κ2) is 7.09. The average Bonchev–Trinajstić information content (AvgIpc) is 2.83. The molecule has 0 aliphatic heterocycles. The van der Waals surface area contributed by atoms with Crippen molar-refractivity contribution < 1.29 is 0 Å². The minimum Gasteiger partial charge on any atom is -0.310 e. The molecule has 3 atom stereocenters. The minimum absolute atomic E-state index is 0.562. The van der Waals surface area contributed by atoms with Crippen LogP contribution in [0, 0.1) is 11.8 Å². The highest BCUT2D eigenvalue weighted by molar-refractivity contribution is 5.27. The quantitative estimate of drug-likeness (QED) is 0.779. The van der Waals surface area contributed by atoms with Crippen molar-refractivity contribution in [3.8, 4) is 0 Å². The van der Waals surface area contributed by atoms with Gasteiger partial charge < -0.3 is 5.32 Å². The monoisotopic (exact) mass is 259 g/mol. The molecule has 1 aromatic rings.